The Kier molecular flexibility index (Phi) is 6.64. The van der Waals surface area contributed by atoms with E-state index in [1.807, 2.05) is 23.9 Å². The molecule has 30 heavy (non-hydrogen) atoms. The van der Waals surface area contributed by atoms with Crippen LogP contribution >= 0.6 is 34.7 Å². The van der Waals surface area contributed by atoms with Gasteiger partial charge in [0.15, 0.2) is 0 Å². The summed E-state index contributed by atoms with van der Waals surface area (Å²) in [6.07, 6.45) is 7.11. The number of nitrogens with one attached hydrogen (secondary N) is 1. The largest absolute Gasteiger partial charge is 0.369 e. The van der Waals surface area contributed by atoms with Crippen LogP contribution in [0.2, 0.25) is 5.02 Å². The number of hydrogen-bond acceptors (Lipinski definition) is 5. The first-order chi connectivity index (χ1) is 14.2. The van der Waals surface area contributed by atoms with Crippen molar-refractivity contribution in [2.24, 2.45) is 5.41 Å². The highest BCUT2D eigenvalue weighted by molar-refractivity contribution is 8.02. The standard InChI is InChI=1S/C22H29ClN2O2S3/c1-22(2)12-14-25(15-13-22)21-17(23)8-5-9-18(21)24-30(26,27)20-11-10-19(29-20)28-16-6-3-4-7-16/h5,8-11,16,24H,3-4,6-7,12-15H2,1-2H3. The van der Waals surface area contributed by atoms with Crippen LogP contribution in [0, 0.1) is 5.41 Å². The van der Waals surface area contributed by atoms with Crippen LogP contribution in [0.3, 0.4) is 0 Å². The van der Waals surface area contributed by atoms with Gasteiger partial charge in [0.1, 0.15) is 4.21 Å². The number of para-hydroxylation sites is 1. The molecule has 2 fully saturated rings. The van der Waals surface area contributed by atoms with Crippen LogP contribution in [-0.4, -0.2) is 26.8 Å². The number of sulfonamides is 1. The molecular weight excluding hydrogens is 456 g/mol. The summed E-state index contributed by atoms with van der Waals surface area (Å²) in [4.78, 5) is 2.21. The summed E-state index contributed by atoms with van der Waals surface area (Å²) in [5.41, 5.74) is 1.65. The second-order valence-electron chi connectivity index (χ2n) is 8.99. The average molecular weight is 485 g/mol. The van der Waals surface area contributed by atoms with Crippen LogP contribution < -0.4 is 9.62 Å². The minimum Gasteiger partial charge on any atom is -0.369 e. The van der Waals surface area contributed by atoms with Gasteiger partial charge in [-0.3, -0.25) is 4.72 Å². The molecule has 8 heteroatoms. The SMILES string of the molecule is CC1(C)CCN(c2c(Cl)cccc2NS(=O)(=O)c2ccc(SC3CCCC3)s2)CC1. The minimum atomic E-state index is -3.66. The number of thiophene rings is 1. The summed E-state index contributed by atoms with van der Waals surface area (Å²) in [6, 6.07) is 9.09. The molecule has 1 aromatic carbocycles. The van der Waals surface area contributed by atoms with Crippen LogP contribution in [0.15, 0.2) is 38.8 Å². The van der Waals surface area contributed by atoms with Crippen molar-refractivity contribution in [3.05, 3.63) is 35.4 Å². The number of halogens is 1. The van der Waals surface area contributed by atoms with Gasteiger partial charge in [-0.2, -0.15) is 0 Å². The van der Waals surface area contributed by atoms with Gasteiger partial charge >= 0.3 is 0 Å². The fourth-order valence-corrected chi connectivity index (χ4v) is 8.60. The Morgan fingerprint density at radius 2 is 1.83 bits per heavy atom. The highest BCUT2D eigenvalue weighted by atomic mass is 35.5. The number of rotatable bonds is 6. The topological polar surface area (TPSA) is 49.4 Å². The lowest BCUT2D eigenvalue weighted by Gasteiger charge is -2.39. The fourth-order valence-electron chi connectivity index (χ4n) is 4.13. The van der Waals surface area contributed by atoms with Gasteiger partial charge in [0.05, 0.1) is 20.6 Å². The van der Waals surface area contributed by atoms with Gasteiger partial charge in [-0.1, -0.05) is 44.4 Å². The fraction of sp³-hybridized carbons (Fsp3) is 0.545. The van der Waals surface area contributed by atoms with Crippen molar-refractivity contribution in [3.63, 3.8) is 0 Å². The summed E-state index contributed by atoms with van der Waals surface area (Å²) in [7, 11) is -3.66. The monoisotopic (exact) mass is 484 g/mol. The Bertz CT molecular complexity index is 988. The van der Waals surface area contributed by atoms with Crippen molar-refractivity contribution < 1.29 is 8.42 Å². The summed E-state index contributed by atoms with van der Waals surface area (Å²) >= 11 is 9.71. The zero-order valence-electron chi connectivity index (χ0n) is 17.5. The van der Waals surface area contributed by atoms with Crippen LogP contribution in [0.4, 0.5) is 11.4 Å². The van der Waals surface area contributed by atoms with E-state index >= 15 is 0 Å². The molecule has 1 N–H and O–H groups in total. The van der Waals surface area contributed by atoms with Gasteiger partial charge < -0.3 is 4.90 Å². The first-order valence-corrected chi connectivity index (χ1v) is 14.1. The van der Waals surface area contributed by atoms with Gasteiger partial charge in [-0.25, -0.2) is 8.42 Å². The molecule has 4 rings (SSSR count). The molecule has 0 amide bonds. The van der Waals surface area contributed by atoms with E-state index in [0.717, 1.165) is 35.8 Å². The molecule has 1 aliphatic heterocycles. The maximum atomic E-state index is 13.1. The summed E-state index contributed by atoms with van der Waals surface area (Å²) in [5, 5.41) is 1.20. The Balaban J connectivity index is 1.53. The number of benzene rings is 1. The summed E-state index contributed by atoms with van der Waals surface area (Å²) in [6.45, 7) is 6.29. The van der Waals surface area contributed by atoms with Crippen molar-refractivity contribution in [2.45, 2.75) is 66.0 Å². The molecule has 0 spiro atoms. The maximum absolute atomic E-state index is 13.1. The second-order valence-corrected chi connectivity index (χ2v) is 14.0. The van der Waals surface area contributed by atoms with E-state index in [-0.39, 0.29) is 0 Å². The molecule has 0 atom stereocenters. The Morgan fingerprint density at radius 3 is 2.53 bits per heavy atom. The lowest BCUT2D eigenvalue weighted by Crippen LogP contribution is -2.38. The first-order valence-electron chi connectivity index (χ1n) is 10.6. The predicted octanol–water partition coefficient (Wildman–Crippen LogP) is 6.86. The summed E-state index contributed by atoms with van der Waals surface area (Å²) in [5.74, 6) is 0. The molecule has 0 bridgehead atoms. The molecule has 2 aliphatic rings. The summed E-state index contributed by atoms with van der Waals surface area (Å²) < 4.78 is 30.5. The van der Waals surface area contributed by atoms with Crippen molar-refractivity contribution in [1.82, 2.24) is 0 Å². The number of piperidine rings is 1. The number of anilines is 2. The molecule has 1 saturated carbocycles. The Labute approximate surface area is 193 Å². The van der Waals surface area contributed by atoms with Gasteiger partial charge in [-0.05, 0) is 55.4 Å². The van der Waals surface area contributed by atoms with Crippen molar-refractivity contribution in [1.29, 1.82) is 0 Å². The van der Waals surface area contributed by atoms with E-state index in [0.29, 0.717) is 25.6 Å². The van der Waals surface area contributed by atoms with E-state index < -0.39 is 10.0 Å². The van der Waals surface area contributed by atoms with Crippen LogP contribution in [0.1, 0.15) is 52.4 Å². The van der Waals surface area contributed by atoms with Gasteiger partial charge in [0.25, 0.3) is 10.0 Å². The third-order valence-electron chi connectivity index (χ3n) is 6.07. The Hall–Kier alpha value is -0.890. The van der Waals surface area contributed by atoms with E-state index in [1.165, 1.54) is 37.0 Å². The van der Waals surface area contributed by atoms with Crippen molar-refractivity contribution >= 4 is 56.1 Å². The third-order valence-corrected chi connectivity index (χ3v) is 10.8. The smallest absolute Gasteiger partial charge is 0.271 e. The zero-order valence-corrected chi connectivity index (χ0v) is 20.7. The highest BCUT2D eigenvalue weighted by Gasteiger charge is 2.29. The zero-order chi connectivity index (χ0) is 21.4. The quantitative estimate of drug-likeness (QED) is 0.486. The van der Waals surface area contributed by atoms with Gasteiger partial charge in [0.2, 0.25) is 0 Å². The minimum absolute atomic E-state index is 0.307. The first kappa shape index (κ1) is 22.3. The molecule has 1 saturated heterocycles. The average Bonchev–Trinajstić information content (AvgIpc) is 3.35. The molecule has 164 valence electrons. The van der Waals surface area contributed by atoms with E-state index in [4.69, 9.17) is 11.6 Å². The molecular formula is C22H29ClN2O2S3. The molecule has 2 heterocycles. The number of thioether (sulfide) groups is 1. The van der Waals surface area contributed by atoms with E-state index in [9.17, 15) is 8.42 Å². The lowest BCUT2D eigenvalue weighted by molar-refractivity contribution is 0.280. The van der Waals surface area contributed by atoms with Crippen LogP contribution in [0.25, 0.3) is 0 Å². The maximum Gasteiger partial charge on any atom is 0.271 e. The van der Waals surface area contributed by atoms with Gasteiger partial charge in [-0.15, -0.1) is 23.1 Å². The van der Waals surface area contributed by atoms with Crippen molar-refractivity contribution in [3.8, 4) is 0 Å². The molecule has 1 aromatic heterocycles. The van der Waals surface area contributed by atoms with E-state index in [1.54, 1.807) is 18.2 Å². The number of hydrogen-bond donors (Lipinski definition) is 1. The Morgan fingerprint density at radius 1 is 1.13 bits per heavy atom. The van der Waals surface area contributed by atoms with Gasteiger partial charge in [0, 0.05) is 18.3 Å². The van der Waals surface area contributed by atoms with E-state index in [2.05, 4.69) is 23.5 Å². The second kappa shape index (κ2) is 8.93. The third kappa shape index (κ3) is 5.12. The number of nitrogens with zero attached hydrogens (tertiary/aromatic N) is 1. The molecule has 2 aromatic rings. The molecule has 0 radical (unpaired) electrons. The molecule has 0 unspecified atom stereocenters. The lowest BCUT2D eigenvalue weighted by atomic mass is 9.82. The normalized spacial score (nSPS) is 19.9. The van der Waals surface area contributed by atoms with Crippen LogP contribution in [0.5, 0.6) is 0 Å². The predicted molar refractivity (Wildman–Crippen MR) is 130 cm³/mol. The molecule has 1 aliphatic carbocycles. The van der Waals surface area contributed by atoms with Crippen LogP contribution in [-0.2, 0) is 10.0 Å². The highest BCUT2D eigenvalue weighted by Crippen LogP contribution is 2.42. The van der Waals surface area contributed by atoms with Crippen molar-refractivity contribution in [2.75, 3.05) is 22.7 Å². The molecule has 4 nitrogen and oxygen atoms in total.